The molecule has 0 aromatic heterocycles. The van der Waals surface area contributed by atoms with Crippen LogP contribution in [0.5, 0.6) is 0 Å². The molecule has 23 heavy (non-hydrogen) atoms. The molecule has 0 aromatic rings. The maximum atomic E-state index is 10.4. The van der Waals surface area contributed by atoms with E-state index in [4.69, 9.17) is 5.11 Å². The third kappa shape index (κ3) is 21.0. The molecule has 132 valence electrons. The van der Waals surface area contributed by atoms with Gasteiger partial charge in [-0.2, -0.15) is 0 Å². The molecule has 0 saturated heterocycles. The second-order valence-corrected chi connectivity index (χ2v) is 4.87. The van der Waals surface area contributed by atoms with Gasteiger partial charge in [0, 0.05) is 6.10 Å². The zero-order valence-electron chi connectivity index (χ0n) is 14.5. The van der Waals surface area contributed by atoms with Crippen molar-refractivity contribution >= 4 is 23.5 Å². The average Bonchev–Trinajstić information content (AvgIpc) is 2.28. The molecule has 0 radical (unpaired) electrons. The molecule has 2 unspecified atom stereocenters. The Morgan fingerprint density at radius 1 is 0.826 bits per heavy atom. The maximum absolute atomic E-state index is 10.4. The molecule has 0 heterocycles. The molecular formula is C15H26O7Ti. The summed E-state index contributed by atoms with van der Waals surface area (Å²) in [6.45, 7) is 9.23. The van der Waals surface area contributed by atoms with E-state index < -0.39 is 23.8 Å². The predicted molar refractivity (Wildman–Crippen MR) is 76.3 cm³/mol. The Labute approximate surface area is 152 Å². The van der Waals surface area contributed by atoms with Gasteiger partial charge < -0.3 is 24.9 Å². The molecule has 0 aliphatic heterocycles. The van der Waals surface area contributed by atoms with Crippen molar-refractivity contribution < 1.29 is 56.2 Å². The number of hydrogen-bond donors (Lipinski definition) is 1. The van der Waals surface area contributed by atoms with E-state index in [9.17, 15) is 29.4 Å². The van der Waals surface area contributed by atoms with Crippen LogP contribution in [0.3, 0.4) is 0 Å². The van der Waals surface area contributed by atoms with Gasteiger partial charge in [-0.15, -0.1) is 0 Å². The molecule has 0 fully saturated rings. The number of Topliss-reactive ketones (excluding diaryl/α,β-unsaturated/α-hetero) is 2. The normalized spacial score (nSPS) is 11.5. The standard InChI is InChI=1S/2C6H10O3.C3H8O.Ti/c2*1-3-5(4(2)7)6(8)9;1-3(2)4;/h2*5H,3H2,1-2H3,(H,8,9);3-4H,1-2H3;/q;;;+2/p-2. The molecule has 0 saturated carbocycles. The minimum absolute atomic E-state index is 0. The monoisotopic (exact) mass is 366 g/mol. The van der Waals surface area contributed by atoms with Gasteiger partial charge in [-0.3, -0.25) is 9.59 Å². The Balaban J connectivity index is -0.000000124. The van der Waals surface area contributed by atoms with Crippen molar-refractivity contribution in [2.45, 2.75) is 60.5 Å². The van der Waals surface area contributed by atoms with Gasteiger partial charge in [0.25, 0.3) is 0 Å². The van der Waals surface area contributed by atoms with Crippen LogP contribution in [-0.2, 0) is 40.9 Å². The number of aliphatic carboxylic acids is 2. The van der Waals surface area contributed by atoms with Crippen LogP contribution >= 0.6 is 0 Å². The van der Waals surface area contributed by atoms with E-state index in [0.717, 1.165) is 0 Å². The molecule has 0 bridgehead atoms. The summed E-state index contributed by atoms with van der Waals surface area (Å²) < 4.78 is 0. The number of hydrogen-bond acceptors (Lipinski definition) is 7. The summed E-state index contributed by atoms with van der Waals surface area (Å²) in [7, 11) is 0. The third-order valence-electron chi connectivity index (χ3n) is 2.37. The number of carbonyl (C=O) groups is 4. The van der Waals surface area contributed by atoms with E-state index >= 15 is 0 Å². The van der Waals surface area contributed by atoms with Crippen molar-refractivity contribution in [1.29, 1.82) is 0 Å². The van der Waals surface area contributed by atoms with Crippen molar-refractivity contribution in [2.24, 2.45) is 11.8 Å². The van der Waals surface area contributed by atoms with E-state index in [0.29, 0.717) is 12.8 Å². The Bertz CT molecular complexity index is 304. The maximum Gasteiger partial charge on any atom is 2.00 e. The molecule has 0 rings (SSSR count). The van der Waals surface area contributed by atoms with Crippen LogP contribution in [0.1, 0.15) is 54.4 Å². The van der Waals surface area contributed by atoms with Gasteiger partial charge in [-0.05, 0) is 40.5 Å². The number of aliphatic hydroxyl groups excluding tert-OH is 1. The molecule has 0 aliphatic carbocycles. The summed E-state index contributed by atoms with van der Waals surface area (Å²) in [5.41, 5.74) is 0. The first-order valence-corrected chi connectivity index (χ1v) is 7.02. The van der Waals surface area contributed by atoms with E-state index in [1.165, 1.54) is 13.8 Å². The number of aliphatic hydroxyl groups is 1. The van der Waals surface area contributed by atoms with Gasteiger partial charge in [0.2, 0.25) is 0 Å². The summed E-state index contributed by atoms with van der Waals surface area (Å²) in [6, 6.07) is 0. The van der Waals surface area contributed by atoms with Crippen molar-refractivity contribution in [1.82, 2.24) is 0 Å². The number of carboxylic acid groups (broad SMARTS) is 2. The summed E-state index contributed by atoms with van der Waals surface area (Å²) in [4.78, 5) is 40.9. The second-order valence-electron chi connectivity index (χ2n) is 4.87. The largest absolute Gasteiger partial charge is 2.00 e. The molecule has 0 spiro atoms. The first-order chi connectivity index (χ1) is 9.91. The van der Waals surface area contributed by atoms with Gasteiger partial charge in [-0.25, -0.2) is 0 Å². The van der Waals surface area contributed by atoms with Crippen LogP contribution in [0.25, 0.3) is 0 Å². The van der Waals surface area contributed by atoms with Crippen LogP contribution in [0.4, 0.5) is 0 Å². The summed E-state index contributed by atoms with van der Waals surface area (Å²) in [5, 5.41) is 28.1. The fraction of sp³-hybridized carbons (Fsp3) is 0.733. The van der Waals surface area contributed by atoms with Gasteiger partial charge in [-0.1, -0.05) is 13.8 Å². The summed E-state index contributed by atoms with van der Waals surface area (Å²) in [6.07, 6.45) is 0.468. The van der Waals surface area contributed by atoms with Gasteiger partial charge >= 0.3 is 21.7 Å². The Morgan fingerprint density at radius 2 is 1.00 bits per heavy atom. The summed E-state index contributed by atoms with van der Waals surface area (Å²) >= 11 is 0. The number of carbonyl (C=O) groups excluding carboxylic acids is 4. The van der Waals surface area contributed by atoms with E-state index in [1.807, 2.05) is 0 Å². The van der Waals surface area contributed by atoms with Crippen LogP contribution in [0, 0.1) is 11.8 Å². The molecule has 8 heteroatoms. The van der Waals surface area contributed by atoms with Crippen LogP contribution in [0.2, 0.25) is 0 Å². The quantitative estimate of drug-likeness (QED) is 0.475. The molecule has 0 amide bonds. The average molecular weight is 366 g/mol. The fourth-order valence-electron chi connectivity index (χ4n) is 1.24. The van der Waals surface area contributed by atoms with E-state index in [-0.39, 0.29) is 39.4 Å². The third-order valence-corrected chi connectivity index (χ3v) is 2.37. The smallest absolute Gasteiger partial charge is 0.549 e. The number of carboxylic acids is 2. The Kier molecular flexibility index (Phi) is 22.5. The second kappa shape index (κ2) is 17.3. The van der Waals surface area contributed by atoms with Crippen LogP contribution < -0.4 is 10.2 Å². The van der Waals surface area contributed by atoms with Crippen LogP contribution in [-0.4, -0.2) is 34.7 Å². The fourth-order valence-corrected chi connectivity index (χ4v) is 1.24. The van der Waals surface area contributed by atoms with Crippen molar-refractivity contribution in [3.05, 3.63) is 0 Å². The zero-order valence-corrected chi connectivity index (χ0v) is 16.1. The van der Waals surface area contributed by atoms with Crippen LogP contribution in [0.15, 0.2) is 0 Å². The van der Waals surface area contributed by atoms with Crippen molar-refractivity contribution in [3.8, 4) is 0 Å². The minimum Gasteiger partial charge on any atom is -0.549 e. The summed E-state index contributed by atoms with van der Waals surface area (Å²) in [5.74, 6) is -5.04. The van der Waals surface area contributed by atoms with Gasteiger partial charge in [0.15, 0.2) is 0 Å². The molecule has 0 aromatic carbocycles. The first kappa shape index (κ1) is 29.9. The topological polar surface area (TPSA) is 135 Å². The van der Waals surface area contributed by atoms with E-state index in [2.05, 4.69) is 0 Å². The van der Waals surface area contributed by atoms with Crippen molar-refractivity contribution in [2.75, 3.05) is 0 Å². The zero-order chi connectivity index (χ0) is 18.5. The predicted octanol–water partition coefficient (Wildman–Crippen LogP) is -0.912. The SMILES string of the molecule is CC(C)O.CCC(C(C)=O)C(=O)[O-].CCC(C(C)=O)C(=O)[O-].[Ti+2]. The minimum atomic E-state index is -1.27. The number of ketones is 2. The van der Waals surface area contributed by atoms with Gasteiger partial charge in [0.1, 0.15) is 11.6 Å². The van der Waals surface area contributed by atoms with Crippen molar-refractivity contribution in [3.63, 3.8) is 0 Å². The molecule has 7 nitrogen and oxygen atoms in total. The Hall–Kier alpha value is -1.05. The molecule has 1 N–H and O–H groups in total. The molecular weight excluding hydrogens is 340 g/mol. The molecule has 0 aliphatic rings. The first-order valence-electron chi connectivity index (χ1n) is 7.02. The van der Waals surface area contributed by atoms with E-state index in [1.54, 1.807) is 27.7 Å². The number of rotatable bonds is 6. The van der Waals surface area contributed by atoms with Gasteiger partial charge in [0.05, 0.1) is 23.8 Å². The Morgan fingerprint density at radius 3 is 1.00 bits per heavy atom. The molecule has 2 atom stereocenters.